The van der Waals surface area contributed by atoms with E-state index in [0.29, 0.717) is 0 Å². The van der Waals surface area contributed by atoms with Gasteiger partial charge in [0.25, 0.3) is 0 Å². The Kier molecular flexibility index (Phi) is 4.11. The molecule has 0 aliphatic carbocycles. The van der Waals surface area contributed by atoms with Crippen molar-refractivity contribution in [1.29, 1.82) is 0 Å². The summed E-state index contributed by atoms with van der Waals surface area (Å²) in [6, 6.07) is -0.923. The molecule has 58 valence electrons. The zero-order valence-corrected chi connectivity index (χ0v) is 6.17. The summed E-state index contributed by atoms with van der Waals surface area (Å²) in [6.45, 7) is 0. The third kappa shape index (κ3) is 4.38. The van der Waals surface area contributed by atoms with E-state index < -0.39 is 20.0 Å². The van der Waals surface area contributed by atoms with E-state index in [1.165, 1.54) is 0 Å². The molecule has 3 N–H and O–H groups in total. The van der Waals surface area contributed by atoms with Crippen LogP contribution in [0.4, 0.5) is 0 Å². The monoisotopic (exact) mass is 165 g/mol. The Labute approximate surface area is 58.7 Å². The molecule has 5 nitrogen and oxygen atoms in total. The average molecular weight is 165 g/mol. The van der Waals surface area contributed by atoms with Gasteiger partial charge in [-0.3, -0.25) is 0 Å². The van der Waals surface area contributed by atoms with E-state index in [4.69, 9.17) is 0 Å². The summed E-state index contributed by atoms with van der Waals surface area (Å²) in [5, 5.41) is 9.94. The Morgan fingerprint density at radius 1 is 1.70 bits per heavy atom. The lowest BCUT2D eigenvalue weighted by Crippen LogP contribution is -2.68. The first-order valence-corrected chi connectivity index (χ1v) is 4.06. The van der Waals surface area contributed by atoms with Crippen LogP contribution in [0.1, 0.15) is 6.42 Å². The smallest absolute Gasteiger partial charge is 0.309 e. The Hall–Kier alpha value is -0.510. The highest BCUT2D eigenvalue weighted by molar-refractivity contribution is 7.36. The molecular weight excluding hydrogens is 157 g/mol. The number of hydrogen-bond acceptors (Lipinski definition) is 4. The minimum absolute atomic E-state index is 0.0288. The molecule has 0 heterocycles. The molecule has 0 aliphatic heterocycles. The van der Waals surface area contributed by atoms with Crippen molar-refractivity contribution in [2.45, 2.75) is 12.5 Å². The van der Waals surface area contributed by atoms with Gasteiger partial charge in [0.1, 0.15) is 12.2 Å². The average Bonchev–Trinajstić information content (AvgIpc) is 1.82. The van der Waals surface area contributed by atoms with Crippen molar-refractivity contribution < 1.29 is 25.1 Å². The molecule has 6 heteroatoms. The van der Waals surface area contributed by atoms with Crippen molar-refractivity contribution in [2.75, 3.05) is 6.16 Å². The minimum Gasteiger partial charge on any atom is -0.596 e. The fourth-order valence-electron chi connectivity index (χ4n) is 0.379. The molecule has 0 aliphatic rings. The maximum atomic E-state index is 9.94. The van der Waals surface area contributed by atoms with Crippen LogP contribution in [-0.4, -0.2) is 18.2 Å². The zero-order chi connectivity index (χ0) is 8.15. The Morgan fingerprint density at radius 3 is 2.50 bits per heavy atom. The predicted molar refractivity (Wildman–Crippen MR) is 28.8 cm³/mol. The molecule has 0 radical (unpaired) electrons. The summed E-state index contributed by atoms with van der Waals surface area (Å²) in [6.07, 6.45) is -0.113. The van der Waals surface area contributed by atoms with E-state index in [1.54, 1.807) is 0 Å². The second-order valence-corrected chi connectivity index (χ2v) is 2.97. The first-order valence-electron chi connectivity index (χ1n) is 2.69. The second-order valence-electron chi connectivity index (χ2n) is 1.86. The maximum Gasteiger partial charge on any atom is 0.309 e. The van der Waals surface area contributed by atoms with E-state index in [2.05, 4.69) is 5.73 Å². The van der Waals surface area contributed by atoms with Crippen LogP contribution in [0, 0.1) is 0 Å². The van der Waals surface area contributed by atoms with Crippen molar-refractivity contribution in [2.24, 2.45) is 0 Å². The number of carbonyl (C=O) groups excluding carboxylic acids is 1. The van der Waals surface area contributed by atoms with Gasteiger partial charge in [-0.05, 0) is 0 Å². The molecule has 1 unspecified atom stereocenters. The largest absolute Gasteiger partial charge is 0.596 e. The summed E-state index contributed by atoms with van der Waals surface area (Å²) >= 11 is 0. The van der Waals surface area contributed by atoms with Gasteiger partial charge in [0.2, 0.25) is 0 Å². The third-order valence-electron chi connectivity index (χ3n) is 0.993. The van der Waals surface area contributed by atoms with Gasteiger partial charge in [0.05, 0.1) is 5.97 Å². The van der Waals surface area contributed by atoms with Gasteiger partial charge in [0.15, 0.2) is 0 Å². The van der Waals surface area contributed by atoms with Crippen LogP contribution in [0.25, 0.3) is 0 Å². The quantitative estimate of drug-likeness (QED) is 0.443. The standard InChI is InChI=1S/C4H8NO4P/c5-3(4(6)7)1-2-10(8)9/h3H,1-2,5H2,(H,6,7)/t3-/m0/s1. The molecular formula is C4H8NO4P. The highest BCUT2D eigenvalue weighted by Crippen LogP contribution is 2.08. The molecule has 0 aromatic carbocycles. The molecule has 0 fully saturated rings. The SMILES string of the molecule is [NH3+][C@@H](CC[P+](=O)[O-])C(=O)[O-]. The summed E-state index contributed by atoms with van der Waals surface area (Å²) in [7, 11) is -2.49. The summed E-state index contributed by atoms with van der Waals surface area (Å²) in [5.74, 6) is -1.31. The first kappa shape index (κ1) is 9.49. The molecule has 10 heavy (non-hydrogen) atoms. The first-order chi connectivity index (χ1) is 4.54. The van der Waals surface area contributed by atoms with E-state index in [1.807, 2.05) is 0 Å². The summed E-state index contributed by atoms with van der Waals surface area (Å²) < 4.78 is 9.92. The lowest BCUT2D eigenvalue weighted by Gasteiger charge is -2.04. The van der Waals surface area contributed by atoms with Gasteiger partial charge >= 0.3 is 8.03 Å². The van der Waals surface area contributed by atoms with Crippen LogP contribution in [-0.2, 0) is 9.36 Å². The van der Waals surface area contributed by atoms with Crippen LogP contribution in [0.2, 0.25) is 0 Å². The summed E-state index contributed by atoms with van der Waals surface area (Å²) in [5.41, 5.74) is 3.18. The Morgan fingerprint density at radius 2 is 2.20 bits per heavy atom. The number of rotatable bonds is 4. The molecule has 0 saturated carbocycles. The van der Waals surface area contributed by atoms with Gasteiger partial charge in [-0.15, -0.1) is 0 Å². The van der Waals surface area contributed by atoms with Crippen LogP contribution in [0.15, 0.2) is 0 Å². The van der Waals surface area contributed by atoms with Crippen molar-refractivity contribution in [3.05, 3.63) is 0 Å². The highest BCUT2D eigenvalue weighted by atomic mass is 31.1. The fourth-order valence-corrected chi connectivity index (χ4v) is 0.902. The number of hydrogen-bond donors (Lipinski definition) is 1. The number of carboxylic acids is 1. The van der Waals surface area contributed by atoms with E-state index in [0.717, 1.165) is 0 Å². The molecule has 0 aromatic heterocycles. The Bertz CT molecular complexity index is 148. The van der Waals surface area contributed by atoms with Gasteiger partial charge in [-0.1, -0.05) is 4.57 Å². The number of aliphatic carboxylic acids is 1. The number of quaternary nitrogens is 1. The topological polar surface area (TPSA) is 108 Å². The zero-order valence-electron chi connectivity index (χ0n) is 5.28. The van der Waals surface area contributed by atoms with Gasteiger partial charge in [0, 0.05) is 6.42 Å². The predicted octanol–water partition coefficient (Wildman–Crippen LogP) is -3.16. The van der Waals surface area contributed by atoms with E-state index >= 15 is 0 Å². The van der Waals surface area contributed by atoms with Crippen molar-refractivity contribution >= 4 is 14.0 Å². The second kappa shape index (κ2) is 4.33. The van der Waals surface area contributed by atoms with Crippen LogP contribution < -0.4 is 15.7 Å². The summed E-state index contributed by atoms with van der Waals surface area (Å²) in [4.78, 5) is 19.9. The molecule has 0 rings (SSSR count). The van der Waals surface area contributed by atoms with Gasteiger partial charge in [-0.2, -0.15) is 0 Å². The molecule has 0 amide bonds. The minimum atomic E-state index is -2.49. The number of carboxylic acid groups (broad SMARTS) is 1. The lowest BCUT2D eigenvalue weighted by atomic mass is 10.2. The lowest BCUT2D eigenvalue weighted by molar-refractivity contribution is -0.437. The Balaban J connectivity index is 3.49. The van der Waals surface area contributed by atoms with Crippen LogP contribution in [0.3, 0.4) is 0 Å². The normalized spacial score (nSPS) is 14.4. The van der Waals surface area contributed by atoms with Crippen molar-refractivity contribution in [3.63, 3.8) is 0 Å². The van der Waals surface area contributed by atoms with Crippen LogP contribution in [0.5, 0.6) is 0 Å². The molecule has 0 aromatic rings. The highest BCUT2D eigenvalue weighted by Gasteiger charge is 2.11. The van der Waals surface area contributed by atoms with Crippen molar-refractivity contribution in [1.82, 2.24) is 0 Å². The number of carbonyl (C=O) groups is 1. The van der Waals surface area contributed by atoms with E-state index in [-0.39, 0.29) is 12.6 Å². The van der Waals surface area contributed by atoms with Gasteiger partial charge < -0.3 is 20.5 Å². The molecule has 0 spiro atoms. The fraction of sp³-hybridized carbons (Fsp3) is 0.750. The molecule has 0 saturated heterocycles. The van der Waals surface area contributed by atoms with Crippen LogP contribution >= 0.6 is 8.03 Å². The third-order valence-corrected chi connectivity index (χ3v) is 1.62. The maximum absolute atomic E-state index is 9.94. The molecule has 2 atom stereocenters. The van der Waals surface area contributed by atoms with E-state index in [9.17, 15) is 19.4 Å². The van der Waals surface area contributed by atoms with Gasteiger partial charge in [-0.25, -0.2) is 0 Å². The molecule has 0 bridgehead atoms. The van der Waals surface area contributed by atoms with Crippen molar-refractivity contribution in [3.8, 4) is 0 Å².